The van der Waals surface area contributed by atoms with Gasteiger partial charge in [-0.15, -0.1) is 5.10 Å². The van der Waals surface area contributed by atoms with Gasteiger partial charge in [0, 0.05) is 41.9 Å². The fourth-order valence-corrected chi connectivity index (χ4v) is 11.2. The highest BCUT2D eigenvalue weighted by atomic mass is 16.3. The molecule has 9 N–H and O–H groups in total. The summed E-state index contributed by atoms with van der Waals surface area (Å²) < 4.78 is 1.65. The smallest absolute Gasteiger partial charge is 0.243 e. The van der Waals surface area contributed by atoms with Crippen molar-refractivity contribution in [2.24, 2.45) is 28.9 Å². The van der Waals surface area contributed by atoms with E-state index in [2.05, 4.69) is 49.6 Å². The van der Waals surface area contributed by atoms with Crippen LogP contribution in [0.5, 0.6) is 5.75 Å². The molecule has 3 aliphatic rings. The van der Waals surface area contributed by atoms with E-state index in [1.165, 1.54) is 18.1 Å². The molecular formula is C50H63N9O6. The quantitative estimate of drug-likeness (QED) is 0.0707. The monoisotopic (exact) mass is 885 g/mol. The highest BCUT2D eigenvalue weighted by molar-refractivity contribution is 5.95. The third kappa shape index (κ3) is 9.26. The van der Waals surface area contributed by atoms with Crippen molar-refractivity contribution in [3.8, 4) is 5.75 Å². The van der Waals surface area contributed by atoms with Crippen LogP contribution in [-0.4, -0.2) is 84.5 Å². The normalized spacial score (nSPS) is 24.2. The molecule has 5 aromatic rings. The number of hydrogen-bond donors (Lipinski definition) is 8. The lowest BCUT2D eigenvalue weighted by Gasteiger charge is -2.52. The van der Waals surface area contributed by atoms with Crippen LogP contribution in [0.2, 0.25) is 0 Å². The summed E-state index contributed by atoms with van der Waals surface area (Å²) in [7, 11) is 0. The van der Waals surface area contributed by atoms with Crippen molar-refractivity contribution in [3.63, 3.8) is 0 Å². The second-order valence-electron chi connectivity index (χ2n) is 19.2. The first-order valence-corrected chi connectivity index (χ1v) is 23.1. The van der Waals surface area contributed by atoms with Crippen LogP contribution in [0.25, 0.3) is 10.9 Å². The average Bonchev–Trinajstić information content (AvgIpc) is 4.01. The Balaban J connectivity index is 0.941. The van der Waals surface area contributed by atoms with Crippen molar-refractivity contribution >= 4 is 34.5 Å². The Labute approximate surface area is 379 Å². The highest BCUT2D eigenvalue weighted by Gasteiger charge is 2.63. The zero-order valence-electron chi connectivity index (χ0n) is 37.7. The first-order valence-electron chi connectivity index (χ1n) is 23.1. The van der Waals surface area contributed by atoms with Crippen LogP contribution in [0.15, 0.2) is 85.2 Å². The molecule has 3 aromatic carbocycles. The Kier molecular flexibility index (Phi) is 13.2. The second kappa shape index (κ2) is 18.8. The number of carbonyl (C=O) groups is 4. The average molecular weight is 886 g/mol. The molecule has 65 heavy (non-hydrogen) atoms. The number of aromatic nitrogens is 4. The number of rotatable bonds is 16. The zero-order valence-corrected chi connectivity index (χ0v) is 37.7. The van der Waals surface area contributed by atoms with E-state index in [1.54, 1.807) is 30.8 Å². The molecule has 0 aliphatic heterocycles. The van der Waals surface area contributed by atoms with Gasteiger partial charge in [-0.2, -0.15) is 0 Å². The summed E-state index contributed by atoms with van der Waals surface area (Å²) in [5, 5.41) is 44.0. The molecule has 15 heteroatoms. The summed E-state index contributed by atoms with van der Waals surface area (Å²) in [4.78, 5) is 58.1. The molecule has 2 saturated carbocycles. The number of phenolic OH excluding ortho intramolecular Hbond substituents is 1. The summed E-state index contributed by atoms with van der Waals surface area (Å²) in [5.74, 6) is -0.913. The zero-order chi connectivity index (χ0) is 46.0. The fourth-order valence-electron chi connectivity index (χ4n) is 11.2. The third-order valence-corrected chi connectivity index (χ3v) is 14.8. The topological polar surface area (TPSA) is 229 Å². The number of benzene rings is 3. The maximum absolute atomic E-state index is 14.2. The number of fused-ring (bicyclic) bond motifs is 6. The number of para-hydroxylation sites is 1. The molecule has 15 nitrogen and oxygen atoms in total. The summed E-state index contributed by atoms with van der Waals surface area (Å²) in [6, 6.07) is 18.8. The maximum Gasteiger partial charge on any atom is 0.243 e. The minimum Gasteiger partial charge on any atom is -0.508 e. The largest absolute Gasteiger partial charge is 0.508 e. The Bertz CT molecular complexity index is 2520. The van der Waals surface area contributed by atoms with E-state index in [0.29, 0.717) is 35.6 Å². The molecule has 2 fully saturated rings. The minimum atomic E-state index is -1.15. The number of aromatic amines is 1. The molecule has 2 heterocycles. The van der Waals surface area contributed by atoms with Crippen molar-refractivity contribution < 1.29 is 29.4 Å². The molecule has 0 unspecified atom stereocenters. The van der Waals surface area contributed by atoms with E-state index < -0.39 is 53.4 Å². The van der Waals surface area contributed by atoms with Gasteiger partial charge in [0.15, 0.2) is 0 Å². The molecule has 0 saturated heterocycles. The van der Waals surface area contributed by atoms with Crippen LogP contribution in [0.3, 0.4) is 0 Å². The number of carbonyl (C=O) groups excluding carboxylic acids is 4. The van der Waals surface area contributed by atoms with E-state index in [0.717, 1.165) is 54.1 Å². The molecular weight excluding hydrogens is 823 g/mol. The molecule has 0 spiro atoms. The van der Waals surface area contributed by atoms with Crippen molar-refractivity contribution in [1.82, 2.24) is 41.2 Å². The summed E-state index contributed by atoms with van der Waals surface area (Å²) >= 11 is 0. The van der Waals surface area contributed by atoms with Gasteiger partial charge in [-0.05, 0) is 110 Å². The Morgan fingerprint density at radius 2 is 1.62 bits per heavy atom. The number of aromatic hydroxyl groups is 1. The van der Waals surface area contributed by atoms with E-state index >= 15 is 0 Å². The molecule has 2 aromatic heterocycles. The molecule has 3 aliphatic carbocycles. The Morgan fingerprint density at radius 3 is 2.38 bits per heavy atom. The van der Waals surface area contributed by atoms with Gasteiger partial charge in [0.05, 0.1) is 18.8 Å². The number of phenols is 1. The van der Waals surface area contributed by atoms with Crippen molar-refractivity contribution in [1.29, 1.82) is 0 Å². The number of aliphatic hydroxyl groups is 1. The van der Waals surface area contributed by atoms with Gasteiger partial charge in [-0.3, -0.25) is 23.9 Å². The first-order chi connectivity index (χ1) is 31.1. The van der Waals surface area contributed by atoms with E-state index in [1.807, 2.05) is 66.9 Å². The number of aryl methyl sites for hydroxylation is 1. The predicted molar refractivity (Wildman–Crippen MR) is 246 cm³/mol. The van der Waals surface area contributed by atoms with Crippen LogP contribution in [0.4, 0.5) is 0 Å². The van der Waals surface area contributed by atoms with Crippen molar-refractivity contribution in [2.75, 3.05) is 6.54 Å². The SMILES string of the molecule is CC(C)[C@H](NC(=O)[C@H](Cc1ccccc1)NC(=O)[C@H](C)N)C(=O)N[C@@H](Cc1c[nH]c2ccccc12)C(=O)NCCn1cc([C@]2(O)CC[C@H]3[C@@H]4CCc5cc(O)ccc5[C@H]4CC[C@@]32C)nn1. The first kappa shape index (κ1) is 45.5. The lowest BCUT2D eigenvalue weighted by atomic mass is 9.53. The second-order valence-corrected chi connectivity index (χ2v) is 19.2. The van der Waals surface area contributed by atoms with Crippen LogP contribution < -0.4 is 27.0 Å². The van der Waals surface area contributed by atoms with Crippen LogP contribution in [-0.2, 0) is 50.6 Å². The van der Waals surface area contributed by atoms with Crippen molar-refractivity contribution in [3.05, 3.63) is 113 Å². The van der Waals surface area contributed by atoms with Gasteiger partial charge in [0.25, 0.3) is 0 Å². The lowest BCUT2D eigenvalue weighted by molar-refractivity contribution is -0.134. The van der Waals surface area contributed by atoms with Crippen LogP contribution in [0, 0.1) is 23.2 Å². The van der Waals surface area contributed by atoms with Gasteiger partial charge >= 0.3 is 0 Å². The number of amides is 4. The summed E-state index contributed by atoms with van der Waals surface area (Å²) in [6.45, 7) is 7.79. The van der Waals surface area contributed by atoms with Gasteiger partial charge in [-0.25, -0.2) is 0 Å². The van der Waals surface area contributed by atoms with Crippen molar-refractivity contribution in [2.45, 2.75) is 121 Å². The minimum absolute atomic E-state index is 0.164. The summed E-state index contributed by atoms with van der Waals surface area (Å²) in [6.07, 6.45) is 9.22. The van der Waals surface area contributed by atoms with Gasteiger partial charge < -0.3 is 42.2 Å². The van der Waals surface area contributed by atoms with Crippen LogP contribution >= 0.6 is 0 Å². The predicted octanol–water partition coefficient (Wildman–Crippen LogP) is 4.27. The van der Waals surface area contributed by atoms with Gasteiger partial charge in [0.2, 0.25) is 23.6 Å². The van der Waals surface area contributed by atoms with Gasteiger partial charge in [0.1, 0.15) is 35.2 Å². The number of nitrogens with two attached hydrogens (primary N) is 1. The van der Waals surface area contributed by atoms with E-state index in [-0.39, 0.29) is 37.3 Å². The molecule has 4 amide bonds. The van der Waals surface area contributed by atoms with Gasteiger partial charge in [-0.1, -0.05) is 80.6 Å². The summed E-state index contributed by atoms with van der Waals surface area (Å²) in [5.41, 5.74) is 9.97. The van der Waals surface area contributed by atoms with E-state index in [4.69, 9.17) is 5.73 Å². The molecule has 8 rings (SSSR count). The molecule has 0 bridgehead atoms. The number of H-pyrrole nitrogens is 1. The standard InChI is InChI=1S/C50H63N9O6/c1-29(2)44(56-47(63)41(54-45(61)30(3)51)24-31-10-6-5-7-11-31)48(64)55-42(26-33-27-53-40-13-9-8-12-36(33)40)46(62)52-22-23-59-28-43(57-58-59)50(65)21-19-39-38-16-14-32-25-34(60)15-17-35(32)37(38)18-20-49(39,50)4/h5-13,15,17,25,27-30,37-39,41-42,44,53,60,65H,14,16,18-24,26,51H2,1-4H3,(H,52,62)(H,54,61)(H,55,64)(H,56,63)/t30-,37+,38+,39-,41-,42-,44-,49-,50+/m0/s1. The Morgan fingerprint density at radius 1 is 0.877 bits per heavy atom. The maximum atomic E-state index is 14.2. The molecule has 0 radical (unpaired) electrons. The molecule has 344 valence electrons. The molecule has 9 atom stereocenters. The van der Waals surface area contributed by atoms with E-state index in [9.17, 15) is 29.4 Å². The third-order valence-electron chi connectivity index (χ3n) is 14.8. The number of hydrogen-bond acceptors (Lipinski definition) is 9. The highest BCUT2D eigenvalue weighted by Crippen LogP contribution is 2.66. The fraction of sp³-hybridized carbons (Fsp3) is 0.480. The Hall–Kier alpha value is -6.06. The number of nitrogens with zero attached hydrogens (tertiary/aromatic N) is 3. The number of nitrogens with one attached hydrogen (secondary N) is 5. The lowest BCUT2D eigenvalue weighted by Crippen LogP contribution is -2.59. The van der Waals surface area contributed by atoms with Crippen LogP contribution in [0.1, 0.15) is 93.7 Å².